The van der Waals surface area contributed by atoms with Crippen LogP contribution < -0.4 is 10.0 Å². The fourth-order valence-electron chi connectivity index (χ4n) is 4.14. The molecule has 0 spiro atoms. The molecule has 2 aromatic carbocycles. The molecule has 9 nitrogen and oxygen atoms in total. The second-order valence-corrected chi connectivity index (χ2v) is 10.8. The number of hydrogen-bond acceptors (Lipinski definition) is 6. The number of hydrogen-bond donors (Lipinski definition) is 2. The lowest BCUT2D eigenvalue weighted by Gasteiger charge is -2.27. The Hall–Kier alpha value is -3.34. The van der Waals surface area contributed by atoms with Gasteiger partial charge in [0.15, 0.2) is 5.82 Å². The SMILES string of the molecule is CCOCc1nc2c(NC(=O)c3ccccc3)nc3ccccc3c2n1CC(C)(C)NS(C)(=O)=O. The zero-order chi connectivity index (χ0) is 25.2. The second-order valence-electron chi connectivity index (χ2n) is 9.00. The highest BCUT2D eigenvalue weighted by Crippen LogP contribution is 2.32. The first-order valence-corrected chi connectivity index (χ1v) is 13.2. The Morgan fingerprint density at radius 3 is 2.43 bits per heavy atom. The number of pyridine rings is 1. The van der Waals surface area contributed by atoms with Gasteiger partial charge in [0.2, 0.25) is 10.0 Å². The molecule has 1 amide bonds. The van der Waals surface area contributed by atoms with Gasteiger partial charge in [-0.2, -0.15) is 0 Å². The molecule has 0 aliphatic rings. The van der Waals surface area contributed by atoms with Gasteiger partial charge in [-0.1, -0.05) is 36.4 Å². The second kappa shape index (κ2) is 9.73. The van der Waals surface area contributed by atoms with Gasteiger partial charge in [0.05, 0.1) is 17.3 Å². The van der Waals surface area contributed by atoms with Gasteiger partial charge in [-0.3, -0.25) is 4.79 Å². The van der Waals surface area contributed by atoms with Crippen LogP contribution in [0.2, 0.25) is 0 Å². The highest BCUT2D eigenvalue weighted by molar-refractivity contribution is 7.88. The van der Waals surface area contributed by atoms with Gasteiger partial charge < -0.3 is 14.6 Å². The number of anilines is 1. The Labute approximate surface area is 204 Å². The molecule has 0 unspecified atom stereocenters. The molecule has 2 aromatic heterocycles. The average Bonchev–Trinajstić information content (AvgIpc) is 3.14. The smallest absolute Gasteiger partial charge is 0.256 e. The predicted octanol–water partition coefficient (Wildman–Crippen LogP) is 3.70. The van der Waals surface area contributed by atoms with Crippen molar-refractivity contribution in [1.29, 1.82) is 0 Å². The van der Waals surface area contributed by atoms with E-state index in [2.05, 4.69) is 10.0 Å². The van der Waals surface area contributed by atoms with E-state index in [4.69, 9.17) is 14.7 Å². The summed E-state index contributed by atoms with van der Waals surface area (Å²) in [5.74, 6) is 0.645. The summed E-state index contributed by atoms with van der Waals surface area (Å²) in [5, 5.41) is 3.75. The number of imidazole rings is 1. The lowest BCUT2D eigenvalue weighted by molar-refractivity contribution is 0.102. The van der Waals surface area contributed by atoms with E-state index in [1.54, 1.807) is 24.3 Å². The molecule has 0 aliphatic carbocycles. The summed E-state index contributed by atoms with van der Waals surface area (Å²) in [4.78, 5) is 22.5. The zero-order valence-corrected chi connectivity index (χ0v) is 21.0. The molecule has 4 rings (SSSR count). The minimum absolute atomic E-state index is 0.223. The van der Waals surface area contributed by atoms with Crippen LogP contribution in [0.3, 0.4) is 0 Å². The largest absolute Gasteiger partial charge is 0.374 e. The van der Waals surface area contributed by atoms with Crippen LogP contribution in [0.15, 0.2) is 54.6 Å². The number of aromatic nitrogens is 3. The Morgan fingerprint density at radius 1 is 1.06 bits per heavy atom. The van der Waals surface area contributed by atoms with E-state index in [1.807, 2.05) is 55.7 Å². The molecule has 2 heterocycles. The quantitative estimate of drug-likeness (QED) is 0.366. The number of carbonyl (C=O) groups excluding carboxylic acids is 1. The average molecular weight is 496 g/mol. The summed E-state index contributed by atoms with van der Waals surface area (Å²) in [6.07, 6.45) is 1.14. The number of nitrogens with one attached hydrogen (secondary N) is 2. The van der Waals surface area contributed by atoms with Crippen LogP contribution in [0.5, 0.6) is 0 Å². The fraction of sp³-hybridized carbons (Fsp3) is 0.320. The Balaban J connectivity index is 1.91. The summed E-state index contributed by atoms with van der Waals surface area (Å²) in [6.45, 7) is 6.52. The number of benzene rings is 2. The van der Waals surface area contributed by atoms with E-state index >= 15 is 0 Å². The topological polar surface area (TPSA) is 115 Å². The van der Waals surface area contributed by atoms with Crippen LogP contribution in [0.25, 0.3) is 21.9 Å². The van der Waals surface area contributed by atoms with E-state index in [-0.39, 0.29) is 12.5 Å². The van der Waals surface area contributed by atoms with Crippen LogP contribution in [0.1, 0.15) is 37.0 Å². The summed E-state index contributed by atoms with van der Waals surface area (Å²) >= 11 is 0. The third kappa shape index (κ3) is 5.67. The molecule has 0 aliphatic heterocycles. The van der Waals surface area contributed by atoms with Gasteiger partial charge in [0.25, 0.3) is 5.91 Å². The normalized spacial score (nSPS) is 12.3. The summed E-state index contributed by atoms with van der Waals surface area (Å²) in [5.41, 5.74) is 1.62. The van der Waals surface area contributed by atoms with Crippen molar-refractivity contribution in [3.63, 3.8) is 0 Å². The zero-order valence-electron chi connectivity index (χ0n) is 20.2. The van der Waals surface area contributed by atoms with Gasteiger partial charge in [0.1, 0.15) is 17.9 Å². The third-order valence-corrected chi connectivity index (χ3v) is 6.30. The van der Waals surface area contributed by atoms with Gasteiger partial charge in [0, 0.05) is 29.6 Å². The Bertz CT molecular complexity index is 1480. The molecule has 35 heavy (non-hydrogen) atoms. The number of carbonyl (C=O) groups is 1. The molecule has 4 aromatic rings. The van der Waals surface area contributed by atoms with Crippen molar-refractivity contribution in [1.82, 2.24) is 19.3 Å². The van der Waals surface area contributed by atoms with Gasteiger partial charge in [-0.05, 0) is 39.0 Å². The van der Waals surface area contributed by atoms with Gasteiger partial charge >= 0.3 is 0 Å². The number of rotatable bonds is 9. The molecule has 0 saturated carbocycles. The van der Waals surface area contributed by atoms with Crippen molar-refractivity contribution in [2.24, 2.45) is 0 Å². The lowest BCUT2D eigenvalue weighted by atomic mass is 10.1. The molecule has 0 atom stereocenters. The maximum absolute atomic E-state index is 13.0. The third-order valence-electron chi connectivity index (χ3n) is 5.38. The maximum Gasteiger partial charge on any atom is 0.256 e. The molecular formula is C25H29N5O4S. The van der Waals surface area contributed by atoms with Crippen molar-refractivity contribution in [3.05, 3.63) is 66.0 Å². The molecule has 2 N–H and O–H groups in total. The van der Waals surface area contributed by atoms with Crippen molar-refractivity contribution in [2.75, 3.05) is 18.2 Å². The van der Waals surface area contributed by atoms with Crippen molar-refractivity contribution in [2.45, 2.75) is 39.5 Å². The lowest BCUT2D eigenvalue weighted by Crippen LogP contribution is -2.46. The van der Waals surface area contributed by atoms with E-state index in [9.17, 15) is 13.2 Å². The number of nitrogens with zero attached hydrogens (tertiary/aromatic N) is 3. The summed E-state index contributed by atoms with van der Waals surface area (Å²) in [6, 6.07) is 16.5. The first-order valence-electron chi connectivity index (χ1n) is 11.3. The van der Waals surface area contributed by atoms with E-state index in [1.165, 1.54) is 0 Å². The number of ether oxygens (including phenoxy) is 1. The molecule has 10 heteroatoms. The van der Waals surface area contributed by atoms with Crippen molar-refractivity contribution in [3.8, 4) is 0 Å². The van der Waals surface area contributed by atoms with Crippen LogP contribution in [-0.4, -0.2) is 47.3 Å². The van der Waals surface area contributed by atoms with Crippen LogP contribution in [0.4, 0.5) is 5.82 Å². The molecular weight excluding hydrogens is 466 g/mol. The van der Waals surface area contributed by atoms with Gasteiger partial charge in [-0.15, -0.1) is 0 Å². The van der Waals surface area contributed by atoms with E-state index in [0.717, 1.165) is 17.2 Å². The standard InChI is InChI=1S/C25H29N5O4S/c1-5-34-15-20-27-21-22(30(20)16-25(2,3)29-35(4,32)33)18-13-9-10-14-19(18)26-23(21)28-24(31)17-11-7-6-8-12-17/h6-14,29H,5,15-16H2,1-4H3,(H,26,28,31). The minimum atomic E-state index is -3.45. The van der Waals surface area contributed by atoms with Crippen molar-refractivity contribution < 1.29 is 17.9 Å². The van der Waals surface area contributed by atoms with Crippen LogP contribution in [0, 0.1) is 0 Å². The predicted molar refractivity (Wildman–Crippen MR) is 137 cm³/mol. The Kier molecular flexibility index (Phi) is 6.88. The van der Waals surface area contributed by atoms with Crippen LogP contribution in [-0.2, 0) is 27.9 Å². The highest BCUT2D eigenvalue weighted by Gasteiger charge is 2.27. The number of amides is 1. The maximum atomic E-state index is 13.0. The first-order chi connectivity index (χ1) is 16.6. The molecule has 0 radical (unpaired) electrons. The number of para-hydroxylation sites is 1. The van der Waals surface area contributed by atoms with Crippen molar-refractivity contribution >= 4 is 43.7 Å². The number of sulfonamides is 1. The van der Waals surface area contributed by atoms with Crippen LogP contribution >= 0.6 is 0 Å². The van der Waals surface area contributed by atoms with E-state index in [0.29, 0.717) is 41.4 Å². The highest BCUT2D eigenvalue weighted by atomic mass is 32.2. The van der Waals surface area contributed by atoms with Gasteiger partial charge in [-0.25, -0.2) is 23.1 Å². The first kappa shape index (κ1) is 24.8. The summed E-state index contributed by atoms with van der Waals surface area (Å²) in [7, 11) is -3.45. The molecule has 0 bridgehead atoms. The minimum Gasteiger partial charge on any atom is -0.374 e. The molecule has 184 valence electrons. The Morgan fingerprint density at radius 2 is 1.74 bits per heavy atom. The monoisotopic (exact) mass is 495 g/mol. The fourth-order valence-corrected chi connectivity index (χ4v) is 5.21. The summed E-state index contributed by atoms with van der Waals surface area (Å²) < 4.78 is 34.3. The van der Waals surface area contributed by atoms with E-state index < -0.39 is 15.6 Å². The number of fused-ring (bicyclic) bond motifs is 3. The molecule has 0 fully saturated rings. The molecule has 0 saturated heterocycles.